The number of aliphatic hydroxyl groups is 1. The smallest absolute Gasteiger partial charge is 0.387 e. The van der Waals surface area contributed by atoms with Crippen molar-refractivity contribution in [2.45, 2.75) is 12.7 Å². The number of ether oxygens (including phenoxy) is 1. The number of rotatable bonds is 4. The van der Waals surface area contributed by atoms with Gasteiger partial charge in [0.1, 0.15) is 5.75 Å². The Morgan fingerprint density at radius 1 is 1.33 bits per heavy atom. The predicted molar refractivity (Wildman–Crippen MR) is 45.7 cm³/mol. The first-order valence-electron chi connectivity index (χ1n) is 3.97. The minimum absolute atomic E-state index is 0.203. The lowest BCUT2D eigenvalue weighted by molar-refractivity contribution is -0.147. The SMILES string of the molecule is O=C(O)C(O)c1ccccc1OC(F)F. The Morgan fingerprint density at radius 3 is 2.47 bits per heavy atom. The molecule has 1 aromatic rings. The number of hydrogen-bond donors (Lipinski definition) is 2. The molecular weight excluding hydrogens is 210 g/mol. The van der Waals surface area contributed by atoms with Crippen LogP contribution in [0.15, 0.2) is 24.3 Å². The lowest BCUT2D eigenvalue weighted by Gasteiger charge is -2.12. The van der Waals surface area contributed by atoms with E-state index in [0.29, 0.717) is 0 Å². The first kappa shape index (κ1) is 11.4. The van der Waals surface area contributed by atoms with Gasteiger partial charge in [0.25, 0.3) is 0 Å². The summed E-state index contributed by atoms with van der Waals surface area (Å²) in [6.45, 7) is -3.06. The minimum Gasteiger partial charge on any atom is -0.479 e. The molecule has 0 aliphatic rings. The Balaban J connectivity index is 3.00. The van der Waals surface area contributed by atoms with Crippen molar-refractivity contribution in [2.75, 3.05) is 0 Å². The fourth-order valence-electron chi connectivity index (χ4n) is 1.04. The van der Waals surface area contributed by atoms with E-state index in [1.54, 1.807) is 0 Å². The summed E-state index contributed by atoms with van der Waals surface area (Å²) in [4.78, 5) is 10.4. The molecule has 0 radical (unpaired) electrons. The number of benzene rings is 1. The average molecular weight is 218 g/mol. The molecule has 0 aromatic heterocycles. The van der Waals surface area contributed by atoms with Crippen molar-refractivity contribution in [1.29, 1.82) is 0 Å². The number of hydrogen-bond acceptors (Lipinski definition) is 3. The second kappa shape index (κ2) is 4.70. The number of carboxylic acids is 1. The van der Waals surface area contributed by atoms with Crippen LogP contribution in [-0.4, -0.2) is 22.8 Å². The zero-order valence-electron chi connectivity index (χ0n) is 7.43. The van der Waals surface area contributed by atoms with Crippen LogP contribution in [-0.2, 0) is 4.79 Å². The van der Waals surface area contributed by atoms with Crippen molar-refractivity contribution in [1.82, 2.24) is 0 Å². The maximum Gasteiger partial charge on any atom is 0.387 e. The van der Waals surface area contributed by atoms with Gasteiger partial charge in [-0.15, -0.1) is 0 Å². The van der Waals surface area contributed by atoms with Gasteiger partial charge in [-0.3, -0.25) is 0 Å². The Kier molecular flexibility index (Phi) is 3.56. The first-order valence-corrected chi connectivity index (χ1v) is 3.97. The van der Waals surface area contributed by atoms with Crippen LogP contribution >= 0.6 is 0 Å². The molecule has 6 heteroatoms. The molecule has 1 aromatic carbocycles. The van der Waals surface area contributed by atoms with Crippen molar-refractivity contribution >= 4 is 5.97 Å². The van der Waals surface area contributed by atoms with Gasteiger partial charge in [-0.2, -0.15) is 8.78 Å². The fraction of sp³-hybridized carbons (Fsp3) is 0.222. The van der Waals surface area contributed by atoms with Crippen molar-refractivity contribution in [2.24, 2.45) is 0 Å². The van der Waals surface area contributed by atoms with E-state index >= 15 is 0 Å². The van der Waals surface area contributed by atoms with Crippen molar-refractivity contribution in [3.8, 4) is 5.75 Å². The molecule has 0 aliphatic carbocycles. The monoisotopic (exact) mass is 218 g/mol. The summed E-state index contributed by atoms with van der Waals surface area (Å²) in [6, 6.07) is 5.18. The molecule has 0 spiro atoms. The van der Waals surface area contributed by atoms with Crippen molar-refractivity contribution in [3.05, 3.63) is 29.8 Å². The minimum atomic E-state index is -3.06. The van der Waals surface area contributed by atoms with Crippen LogP contribution in [0.1, 0.15) is 11.7 Å². The molecule has 1 atom stereocenters. The van der Waals surface area contributed by atoms with E-state index in [1.165, 1.54) is 18.2 Å². The molecule has 0 aliphatic heterocycles. The van der Waals surface area contributed by atoms with Crippen molar-refractivity contribution < 1.29 is 28.5 Å². The largest absolute Gasteiger partial charge is 0.479 e. The van der Waals surface area contributed by atoms with Gasteiger partial charge in [0, 0.05) is 5.56 Å². The molecule has 4 nitrogen and oxygen atoms in total. The van der Waals surface area contributed by atoms with Crippen LogP contribution in [0.25, 0.3) is 0 Å². The summed E-state index contributed by atoms with van der Waals surface area (Å²) in [5, 5.41) is 17.7. The van der Waals surface area contributed by atoms with Crippen LogP contribution in [0.2, 0.25) is 0 Å². The maximum absolute atomic E-state index is 11.9. The number of carboxylic acid groups (broad SMARTS) is 1. The van der Waals surface area contributed by atoms with Gasteiger partial charge < -0.3 is 14.9 Å². The molecule has 0 bridgehead atoms. The highest BCUT2D eigenvalue weighted by atomic mass is 19.3. The predicted octanol–water partition coefficient (Wildman–Crippen LogP) is 1.41. The third kappa shape index (κ3) is 2.88. The van der Waals surface area contributed by atoms with E-state index in [-0.39, 0.29) is 11.3 Å². The van der Waals surface area contributed by atoms with Gasteiger partial charge in [0.2, 0.25) is 0 Å². The molecule has 2 N–H and O–H groups in total. The van der Waals surface area contributed by atoms with Crippen LogP contribution in [0.3, 0.4) is 0 Å². The van der Waals surface area contributed by atoms with Gasteiger partial charge in [-0.05, 0) is 6.07 Å². The first-order chi connectivity index (χ1) is 7.02. The highest BCUT2D eigenvalue weighted by Crippen LogP contribution is 2.26. The maximum atomic E-state index is 11.9. The van der Waals surface area contributed by atoms with Gasteiger partial charge in [-0.1, -0.05) is 18.2 Å². The van der Waals surface area contributed by atoms with Crippen molar-refractivity contribution in [3.63, 3.8) is 0 Å². The molecule has 0 fully saturated rings. The third-order valence-electron chi connectivity index (χ3n) is 1.66. The Labute approximate surface area is 83.7 Å². The molecule has 0 saturated heterocycles. The Morgan fingerprint density at radius 2 is 1.93 bits per heavy atom. The van der Waals surface area contributed by atoms with E-state index in [0.717, 1.165) is 6.07 Å². The Bertz CT molecular complexity index is 354. The number of halogens is 2. The average Bonchev–Trinajstić information content (AvgIpc) is 2.16. The molecule has 1 rings (SSSR count). The molecule has 15 heavy (non-hydrogen) atoms. The normalized spacial score (nSPS) is 12.5. The number of alkyl halides is 2. The number of aliphatic hydroxyl groups excluding tert-OH is 1. The summed E-state index contributed by atoms with van der Waals surface area (Å²) < 4.78 is 27.9. The second-order valence-corrected chi connectivity index (χ2v) is 2.66. The number of para-hydroxylation sites is 1. The molecule has 0 saturated carbocycles. The zero-order chi connectivity index (χ0) is 11.4. The second-order valence-electron chi connectivity index (χ2n) is 2.66. The van der Waals surface area contributed by atoms with Gasteiger partial charge >= 0.3 is 12.6 Å². The zero-order valence-corrected chi connectivity index (χ0v) is 7.43. The van der Waals surface area contributed by atoms with Gasteiger partial charge in [0.05, 0.1) is 0 Å². The lowest BCUT2D eigenvalue weighted by atomic mass is 10.1. The van der Waals surface area contributed by atoms with Crippen LogP contribution in [0.4, 0.5) is 8.78 Å². The standard InChI is InChI=1S/C9H8F2O4/c10-9(11)15-6-4-2-1-3-5(6)7(12)8(13)14/h1-4,7,9,12H,(H,13,14). The summed E-state index contributed by atoms with van der Waals surface area (Å²) in [5.74, 6) is -1.87. The summed E-state index contributed by atoms with van der Waals surface area (Å²) in [5.41, 5.74) is -0.203. The molecule has 82 valence electrons. The lowest BCUT2D eigenvalue weighted by Crippen LogP contribution is -2.13. The van der Waals surface area contributed by atoms with E-state index in [2.05, 4.69) is 4.74 Å². The quantitative estimate of drug-likeness (QED) is 0.801. The van der Waals surface area contributed by atoms with Crippen LogP contribution in [0, 0.1) is 0 Å². The molecule has 0 amide bonds. The van der Waals surface area contributed by atoms with Crippen LogP contribution in [0.5, 0.6) is 5.75 Å². The summed E-state index contributed by atoms with van der Waals surface area (Å²) >= 11 is 0. The van der Waals surface area contributed by atoms with E-state index in [4.69, 9.17) is 10.2 Å². The highest BCUT2D eigenvalue weighted by molar-refractivity contribution is 5.75. The van der Waals surface area contributed by atoms with Gasteiger partial charge in [-0.25, -0.2) is 4.79 Å². The summed E-state index contributed by atoms with van der Waals surface area (Å²) in [7, 11) is 0. The molecular formula is C9H8F2O4. The molecule has 1 unspecified atom stereocenters. The fourth-order valence-corrected chi connectivity index (χ4v) is 1.04. The number of aliphatic carboxylic acids is 1. The van der Waals surface area contributed by atoms with E-state index in [9.17, 15) is 13.6 Å². The van der Waals surface area contributed by atoms with E-state index < -0.39 is 18.7 Å². The highest BCUT2D eigenvalue weighted by Gasteiger charge is 2.21. The van der Waals surface area contributed by atoms with Gasteiger partial charge in [0.15, 0.2) is 6.10 Å². The topological polar surface area (TPSA) is 66.8 Å². The number of carbonyl (C=O) groups is 1. The Hall–Kier alpha value is -1.69. The van der Waals surface area contributed by atoms with Crippen LogP contribution < -0.4 is 4.74 Å². The third-order valence-corrected chi connectivity index (χ3v) is 1.66. The van der Waals surface area contributed by atoms with E-state index in [1.807, 2.05) is 0 Å². The molecule has 0 heterocycles. The summed E-state index contributed by atoms with van der Waals surface area (Å²) in [6.07, 6.45) is -1.88.